The van der Waals surface area contributed by atoms with Crippen LogP contribution in [-0.4, -0.2) is 34.7 Å². The highest BCUT2D eigenvalue weighted by Crippen LogP contribution is 2.18. The number of hydrogen-bond donors (Lipinski definition) is 2. The maximum absolute atomic E-state index is 11.7. The summed E-state index contributed by atoms with van der Waals surface area (Å²) in [5.74, 6) is -0.330. The van der Waals surface area contributed by atoms with Gasteiger partial charge in [0, 0.05) is 6.42 Å². The van der Waals surface area contributed by atoms with Crippen molar-refractivity contribution < 1.29 is 5.11 Å². The number of H-pyrrole nitrogens is 1. The Labute approximate surface area is 153 Å². The van der Waals surface area contributed by atoms with Gasteiger partial charge in [-0.25, -0.2) is 14.5 Å². The number of fused-ring (bicyclic) bond motifs is 1. The molecule has 0 amide bonds. The molecule has 3 aromatic rings. The standard InChI is InChI=1S/C18H15N7O2/c1-3-5-6-11(4-2)7-12-17-22-15(8-19)24-25(17)10-13(21-12)16-20-9-14(26)18(27)23-16/h3-6,9-10,26H,2,7H2,1H3,(H,20,23,27)/b5-3-,11-6+. The molecule has 0 bridgehead atoms. The molecular weight excluding hydrogens is 346 g/mol. The summed E-state index contributed by atoms with van der Waals surface area (Å²) in [6, 6.07) is 1.90. The van der Waals surface area contributed by atoms with Gasteiger partial charge in [0.15, 0.2) is 17.2 Å². The van der Waals surface area contributed by atoms with Crippen LogP contribution in [0.4, 0.5) is 0 Å². The van der Waals surface area contributed by atoms with Gasteiger partial charge in [-0.2, -0.15) is 10.2 Å². The summed E-state index contributed by atoms with van der Waals surface area (Å²) in [5.41, 5.74) is 1.48. The Morgan fingerprint density at radius 3 is 2.96 bits per heavy atom. The average Bonchev–Trinajstić information content (AvgIpc) is 3.10. The Kier molecular flexibility index (Phi) is 4.90. The number of nitriles is 1. The van der Waals surface area contributed by atoms with Gasteiger partial charge in [0.25, 0.3) is 11.4 Å². The zero-order chi connectivity index (χ0) is 19.4. The van der Waals surface area contributed by atoms with Crippen LogP contribution in [0.2, 0.25) is 0 Å². The van der Waals surface area contributed by atoms with Crippen molar-refractivity contribution in [1.29, 1.82) is 5.26 Å². The van der Waals surface area contributed by atoms with E-state index in [1.807, 2.05) is 31.2 Å². The summed E-state index contributed by atoms with van der Waals surface area (Å²) >= 11 is 0. The van der Waals surface area contributed by atoms with Gasteiger partial charge >= 0.3 is 0 Å². The first-order valence-electron chi connectivity index (χ1n) is 7.95. The molecule has 0 radical (unpaired) electrons. The van der Waals surface area contributed by atoms with E-state index in [1.165, 1.54) is 10.7 Å². The van der Waals surface area contributed by atoms with Gasteiger partial charge in [0.05, 0.1) is 18.1 Å². The summed E-state index contributed by atoms with van der Waals surface area (Å²) < 4.78 is 1.42. The van der Waals surface area contributed by atoms with Crippen molar-refractivity contribution in [3.05, 3.63) is 70.7 Å². The number of nitrogens with one attached hydrogen (secondary N) is 1. The highest BCUT2D eigenvalue weighted by molar-refractivity contribution is 5.55. The van der Waals surface area contributed by atoms with Crippen LogP contribution in [0.25, 0.3) is 17.2 Å². The molecular formula is C18H15N7O2. The van der Waals surface area contributed by atoms with E-state index >= 15 is 0 Å². The van der Waals surface area contributed by atoms with Crippen LogP contribution in [0.3, 0.4) is 0 Å². The van der Waals surface area contributed by atoms with Crippen molar-refractivity contribution in [2.75, 3.05) is 0 Å². The summed E-state index contributed by atoms with van der Waals surface area (Å²) in [4.78, 5) is 26.8. The second-order valence-corrected chi connectivity index (χ2v) is 5.48. The minimum Gasteiger partial charge on any atom is -0.502 e. The summed E-state index contributed by atoms with van der Waals surface area (Å²) in [7, 11) is 0. The molecule has 27 heavy (non-hydrogen) atoms. The third-order valence-corrected chi connectivity index (χ3v) is 3.65. The zero-order valence-electron chi connectivity index (χ0n) is 14.4. The van der Waals surface area contributed by atoms with Crippen LogP contribution in [0, 0.1) is 11.3 Å². The highest BCUT2D eigenvalue weighted by atomic mass is 16.3. The number of aromatic nitrogens is 6. The van der Waals surface area contributed by atoms with Crippen LogP contribution in [-0.2, 0) is 6.42 Å². The van der Waals surface area contributed by atoms with E-state index < -0.39 is 11.3 Å². The lowest BCUT2D eigenvalue weighted by atomic mass is 10.1. The molecule has 3 rings (SSSR count). The van der Waals surface area contributed by atoms with Gasteiger partial charge < -0.3 is 10.1 Å². The topological polar surface area (TPSA) is 133 Å². The van der Waals surface area contributed by atoms with Gasteiger partial charge in [-0.15, -0.1) is 5.10 Å². The molecule has 0 aromatic carbocycles. The molecule has 0 aliphatic carbocycles. The minimum atomic E-state index is -0.681. The van der Waals surface area contributed by atoms with E-state index in [-0.39, 0.29) is 11.6 Å². The molecule has 0 fully saturated rings. The van der Waals surface area contributed by atoms with Crippen molar-refractivity contribution in [2.24, 2.45) is 0 Å². The molecule has 0 saturated carbocycles. The number of nitrogens with zero attached hydrogens (tertiary/aromatic N) is 6. The molecule has 3 aromatic heterocycles. The zero-order valence-corrected chi connectivity index (χ0v) is 14.4. The predicted molar refractivity (Wildman–Crippen MR) is 97.8 cm³/mol. The molecule has 0 spiro atoms. The van der Waals surface area contributed by atoms with Gasteiger partial charge in [-0.05, 0) is 12.5 Å². The van der Waals surface area contributed by atoms with Crippen LogP contribution >= 0.6 is 0 Å². The van der Waals surface area contributed by atoms with Crippen LogP contribution < -0.4 is 5.56 Å². The monoisotopic (exact) mass is 361 g/mol. The van der Waals surface area contributed by atoms with Crippen molar-refractivity contribution in [3.63, 3.8) is 0 Å². The molecule has 0 saturated heterocycles. The van der Waals surface area contributed by atoms with Crippen LogP contribution in [0.15, 0.2) is 53.6 Å². The molecule has 134 valence electrons. The Hall–Kier alpha value is -4.06. The Morgan fingerprint density at radius 2 is 2.30 bits per heavy atom. The Balaban J connectivity index is 2.19. The fourth-order valence-corrected chi connectivity index (χ4v) is 2.36. The molecule has 0 aliphatic heterocycles. The van der Waals surface area contributed by atoms with Gasteiger partial charge in [-0.1, -0.05) is 30.9 Å². The van der Waals surface area contributed by atoms with E-state index in [0.29, 0.717) is 23.5 Å². The number of aromatic amines is 1. The number of aromatic hydroxyl groups is 1. The smallest absolute Gasteiger partial charge is 0.293 e. The molecule has 2 N–H and O–H groups in total. The molecule has 3 heterocycles. The summed E-state index contributed by atoms with van der Waals surface area (Å²) in [6.07, 6.45) is 10.3. The van der Waals surface area contributed by atoms with E-state index in [0.717, 1.165) is 11.8 Å². The number of rotatable bonds is 5. The van der Waals surface area contributed by atoms with E-state index in [4.69, 9.17) is 5.26 Å². The molecule has 0 unspecified atom stereocenters. The molecule has 9 heteroatoms. The van der Waals surface area contributed by atoms with Gasteiger partial charge in [-0.3, -0.25) is 4.79 Å². The normalized spacial score (nSPS) is 11.8. The van der Waals surface area contributed by atoms with E-state index in [1.54, 1.807) is 6.08 Å². The lowest BCUT2D eigenvalue weighted by molar-refractivity contribution is 0.463. The van der Waals surface area contributed by atoms with Gasteiger partial charge in [0.2, 0.25) is 0 Å². The lowest BCUT2D eigenvalue weighted by Gasteiger charge is -2.07. The first-order valence-corrected chi connectivity index (χ1v) is 7.95. The maximum atomic E-state index is 11.7. The lowest BCUT2D eigenvalue weighted by Crippen LogP contribution is -2.10. The van der Waals surface area contributed by atoms with E-state index in [2.05, 4.69) is 31.6 Å². The Morgan fingerprint density at radius 1 is 1.48 bits per heavy atom. The van der Waals surface area contributed by atoms with E-state index in [9.17, 15) is 9.90 Å². The summed E-state index contributed by atoms with van der Waals surface area (Å²) in [5, 5.41) is 22.6. The van der Waals surface area contributed by atoms with Crippen LogP contribution in [0.5, 0.6) is 5.75 Å². The molecule has 9 nitrogen and oxygen atoms in total. The fraction of sp³-hybridized carbons (Fsp3) is 0.111. The Bertz CT molecular complexity index is 1180. The third-order valence-electron chi connectivity index (χ3n) is 3.65. The van der Waals surface area contributed by atoms with Crippen molar-refractivity contribution >= 4 is 5.65 Å². The molecule has 0 aliphatic rings. The average molecular weight is 361 g/mol. The van der Waals surface area contributed by atoms with Crippen molar-refractivity contribution in [2.45, 2.75) is 13.3 Å². The van der Waals surface area contributed by atoms with Crippen molar-refractivity contribution in [3.8, 4) is 23.3 Å². The quantitative estimate of drug-likeness (QED) is 0.661. The highest BCUT2D eigenvalue weighted by Gasteiger charge is 2.15. The first-order chi connectivity index (χ1) is 13.0. The van der Waals surface area contributed by atoms with Crippen molar-refractivity contribution in [1.82, 2.24) is 29.5 Å². The number of hydrogen-bond acceptors (Lipinski definition) is 7. The largest absolute Gasteiger partial charge is 0.502 e. The second-order valence-electron chi connectivity index (χ2n) is 5.48. The summed E-state index contributed by atoms with van der Waals surface area (Å²) in [6.45, 7) is 5.70. The fourth-order valence-electron chi connectivity index (χ4n) is 2.36. The maximum Gasteiger partial charge on any atom is 0.293 e. The molecule has 0 atom stereocenters. The predicted octanol–water partition coefficient (Wildman–Crippen LogP) is 1.68. The SMILES string of the molecule is C=C/C(=C\C=C/C)Cc1nc(-c2ncc(O)c(=O)[nH]2)cn2nc(C#N)nc12. The first kappa shape index (κ1) is 17.8. The van der Waals surface area contributed by atoms with Gasteiger partial charge in [0.1, 0.15) is 11.8 Å². The number of allylic oxidation sites excluding steroid dienone is 5. The second kappa shape index (κ2) is 7.45. The third kappa shape index (κ3) is 3.64. The van der Waals surface area contributed by atoms with Crippen LogP contribution in [0.1, 0.15) is 18.4 Å². The minimum absolute atomic E-state index is 0.0000505.